The molecular formula is C11H11ClO2. The lowest BCUT2D eigenvalue weighted by molar-refractivity contribution is 0.0939. The Balaban J connectivity index is 3.06. The zero-order valence-corrected chi connectivity index (χ0v) is 8.84. The SMILES string of the molecule is CC(C)C(=O)c1cccc(C(=O)Cl)c1. The molecule has 1 aromatic rings. The van der Waals surface area contributed by atoms with Crippen LogP contribution in [0.25, 0.3) is 0 Å². The van der Waals surface area contributed by atoms with E-state index in [2.05, 4.69) is 0 Å². The summed E-state index contributed by atoms with van der Waals surface area (Å²) >= 11 is 5.31. The minimum absolute atomic E-state index is 0.0183. The number of benzene rings is 1. The van der Waals surface area contributed by atoms with Crippen LogP contribution in [0.4, 0.5) is 0 Å². The lowest BCUT2D eigenvalue weighted by Gasteiger charge is -2.04. The predicted molar refractivity (Wildman–Crippen MR) is 55.8 cm³/mol. The average molecular weight is 211 g/mol. The molecule has 0 amide bonds. The van der Waals surface area contributed by atoms with E-state index in [1.54, 1.807) is 18.2 Å². The second-order valence-corrected chi connectivity index (χ2v) is 3.72. The van der Waals surface area contributed by atoms with E-state index in [-0.39, 0.29) is 11.7 Å². The first kappa shape index (κ1) is 10.9. The second kappa shape index (κ2) is 4.38. The summed E-state index contributed by atoms with van der Waals surface area (Å²) in [4.78, 5) is 22.4. The number of carbonyl (C=O) groups is 2. The zero-order chi connectivity index (χ0) is 10.7. The van der Waals surface area contributed by atoms with E-state index in [1.165, 1.54) is 6.07 Å². The van der Waals surface area contributed by atoms with Gasteiger partial charge in [0.05, 0.1) is 0 Å². The second-order valence-electron chi connectivity index (χ2n) is 3.37. The average Bonchev–Trinajstić information content (AvgIpc) is 2.16. The molecule has 0 spiro atoms. The summed E-state index contributed by atoms with van der Waals surface area (Å²) in [5.41, 5.74) is 0.893. The molecule has 0 aliphatic carbocycles. The third-order valence-electron chi connectivity index (χ3n) is 1.90. The molecule has 0 radical (unpaired) electrons. The van der Waals surface area contributed by atoms with Crippen molar-refractivity contribution >= 4 is 22.6 Å². The van der Waals surface area contributed by atoms with Gasteiger partial charge in [-0.05, 0) is 17.7 Å². The van der Waals surface area contributed by atoms with Crippen molar-refractivity contribution in [2.75, 3.05) is 0 Å². The lowest BCUT2D eigenvalue weighted by atomic mass is 10.00. The molecule has 2 nitrogen and oxygen atoms in total. The number of hydrogen-bond donors (Lipinski definition) is 0. The van der Waals surface area contributed by atoms with Gasteiger partial charge in [0.1, 0.15) is 0 Å². The molecule has 0 saturated carbocycles. The van der Waals surface area contributed by atoms with Gasteiger partial charge in [-0.25, -0.2) is 0 Å². The van der Waals surface area contributed by atoms with Crippen LogP contribution in [0.5, 0.6) is 0 Å². The van der Waals surface area contributed by atoms with E-state index in [9.17, 15) is 9.59 Å². The van der Waals surface area contributed by atoms with Crippen LogP contribution in [-0.4, -0.2) is 11.0 Å². The van der Waals surface area contributed by atoms with Crippen LogP contribution in [0.1, 0.15) is 34.6 Å². The van der Waals surface area contributed by atoms with Crippen LogP contribution < -0.4 is 0 Å². The first-order valence-corrected chi connectivity index (χ1v) is 4.74. The molecule has 14 heavy (non-hydrogen) atoms. The minimum atomic E-state index is -0.539. The molecule has 74 valence electrons. The molecule has 0 N–H and O–H groups in total. The van der Waals surface area contributed by atoms with Crippen LogP contribution in [0.15, 0.2) is 24.3 Å². The molecule has 1 aromatic carbocycles. The Morgan fingerprint density at radius 2 is 1.79 bits per heavy atom. The van der Waals surface area contributed by atoms with Crippen molar-refractivity contribution in [3.05, 3.63) is 35.4 Å². The normalized spacial score (nSPS) is 10.3. The molecule has 0 fully saturated rings. The lowest BCUT2D eigenvalue weighted by Crippen LogP contribution is -2.07. The van der Waals surface area contributed by atoms with E-state index in [1.807, 2.05) is 13.8 Å². The Hall–Kier alpha value is -1.15. The van der Waals surface area contributed by atoms with Crippen LogP contribution in [0, 0.1) is 5.92 Å². The first-order chi connectivity index (χ1) is 6.52. The van der Waals surface area contributed by atoms with Gasteiger partial charge in [0, 0.05) is 17.0 Å². The fourth-order valence-corrected chi connectivity index (χ4v) is 1.25. The van der Waals surface area contributed by atoms with Gasteiger partial charge >= 0.3 is 0 Å². The summed E-state index contributed by atoms with van der Waals surface area (Å²) in [7, 11) is 0. The van der Waals surface area contributed by atoms with Crippen LogP contribution in [-0.2, 0) is 0 Å². The van der Waals surface area contributed by atoms with Gasteiger partial charge in [-0.15, -0.1) is 0 Å². The largest absolute Gasteiger partial charge is 0.294 e. The molecule has 0 aliphatic rings. The van der Waals surface area contributed by atoms with Crippen molar-refractivity contribution in [1.29, 1.82) is 0 Å². The van der Waals surface area contributed by atoms with Gasteiger partial charge in [-0.3, -0.25) is 9.59 Å². The molecule has 0 aromatic heterocycles. The standard InChI is InChI=1S/C11H11ClO2/c1-7(2)10(13)8-4-3-5-9(6-8)11(12)14/h3-7H,1-2H3. The van der Waals surface area contributed by atoms with Gasteiger partial charge in [-0.1, -0.05) is 32.0 Å². The number of ketones is 1. The minimum Gasteiger partial charge on any atom is -0.294 e. The highest BCUT2D eigenvalue weighted by Gasteiger charge is 2.11. The molecule has 0 heterocycles. The van der Waals surface area contributed by atoms with Gasteiger partial charge in [-0.2, -0.15) is 0 Å². The quantitative estimate of drug-likeness (QED) is 0.568. The third-order valence-corrected chi connectivity index (χ3v) is 2.12. The summed E-state index contributed by atoms with van der Waals surface area (Å²) in [5, 5.41) is -0.539. The van der Waals surface area contributed by atoms with Crippen LogP contribution >= 0.6 is 11.6 Å². The third kappa shape index (κ3) is 2.42. The number of rotatable bonds is 3. The number of Topliss-reactive ketones (excluding diaryl/α,β-unsaturated/α-hetero) is 1. The molecule has 0 bridgehead atoms. The molecular weight excluding hydrogens is 200 g/mol. The topological polar surface area (TPSA) is 34.1 Å². The molecule has 3 heteroatoms. The maximum atomic E-state index is 11.6. The Labute approximate surface area is 87.9 Å². The Kier molecular flexibility index (Phi) is 3.42. The number of carbonyl (C=O) groups excluding carboxylic acids is 2. The van der Waals surface area contributed by atoms with Crippen molar-refractivity contribution in [3.63, 3.8) is 0 Å². The number of halogens is 1. The Morgan fingerprint density at radius 1 is 1.21 bits per heavy atom. The van der Waals surface area contributed by atoms with Crippen molar-refractivity contribution in [3.8, 4) is 0 Å². The van der Waals surface area contributed by atoms with Crippen molar-refractivity contribution < 1.29 is 9.59 Å². The fraction of sp³-hybridized carbons (Fsp3) is 0.273. The van der Waals surface area contributed by atoms with E-state index < -0.39 is 5.24 Å². The van der Waals surface area contributed by atoms with E-state index in [4.69, 9.17) is 11.6 Å². The summed E-state index contributed by atoms with van der Waals surface area (Å²) < 4.78 is 0. The van der Waals surface area contributed by atoms with Gasteiger partial charge in [0.2, 0.25) is 0 Å². The number of hydrogen-bond acceptors (Lipinski definition) is 2. The Bertz CT molecular complexity index is 369. The Morgan fingerprint density at radius 3 is 2.29 bits per heavy atom. The summed E-state index contributed by atoms with van der Waals surface area (Å²) in [6.45, 7) is 3.63. The molecule has 0 aliphatic heterocycles. The zero-order valence-electron chi connectivity index (χ0n) is 8.08. The van der Waals surface area contributed by atoms with E-state index >= 15 is 0 Å². The first-order valence-electron chi connectivity index (χ1n) is 4.36. The highest BCUT2D eigenvalue weighted by molar-refractivity contribution is 6.67. The summed E-state index contributed by atoms with van der Waals surface area (Å²) in [6.07, 6.45) is 0. The molecule has 0 unspecified atom stereocenters. The molecule has 0 atom stereocenters. The highest BCUT2D eigenvalue weighted by atomic mass is 35.5. The monoisotopic (exact) mass is 210 g/mol. The highest BCUT2D eigenvalue weighted by Crippen LogP contribution is 2.12. The smallest absolute Gasteiger partial charge is 0.252 e. The summed E-state index contributed by atoms with van der Waals surface area (Å²) in [6, 6.07) is 6.46. The van der Waals surface area contributed by atoms with E-state index in [0.717, 1.165) is 0 Å². The molecule has 0 saturated heterocycles. The molecule has 1 rings (SSSR count). The van der Waals surface area contributed by atoms with Crippen molar-refractivity contribution in [2.45, 2.75) is 13.8 Å². The van der Waals surface area contributed by atoms with Crippen LogP contribution in [0.2, 0.25) is 0 Å². The van der Waals surface area contributed by atoms with Gasteiger partial charge in [0.25, 0.3) is 5.24 Å². The maximum Gasteiger partial charge on any atom is 0.252 e. The summed E-state index contributed by atoms with van der Waals surface area (Å²) in [5.74, 6) is -0.0551. The van der Waals surface area contributed by atoms with Crippen molar-refractivity contribution in [2.24, 2.45) is 5.92 Å². The van der Waals surface area contributed by atoms with Crippen molar-refractivity contribution in [1.82, 2.24) is 0 Å². The fourth-order valence-electron chi connectivity index (χ4n) is 1.13. The van der Waals surface area contributed by atoms with Gasteiger partial charge in [0.15, 0.2) is 5.78 Å². The maximum absolute atomic E-state index is 11.6. The predicted octanol–water partition coefficient (Wildman–Crippen LogP) is 2.90. The van der Waals surface area contributed by atoms with E-state index in [0.29, 0.717) is 11.1 Å². The van der Waals surface area contributed by atoms with Gasteiger partial charge < -0.3 is 0 Å². The van der Waals surface area contributed by atoms with Crippen LogP contribution in [0.3, 0.4) is 0 Å².